The van der Waals surface area contributed by atoms with E-state index in [4.69, 9.17) is 14.9 Å². The standard InChI is InChI=1S/C28H32N4O5.C2H6/c1-6-7-24(33)32(22-13-17(3)16(2)12-20(22)18-8-9-18)23-11-10-21(30-4)25(31-23)26(29)37-19-14-28(15-19,36-5)27(34)35;1-2/h10-13,18-19,29-30H,8-9,14-15H2,1-5H3,(H,34,35);1-2H3. The summed E-state index contributed by atoms with van der Waals surface area (Å²) >= 11 is 0. The maximum atomic E-state index is 13.3. The fourth-order valence-corrected chi connectivity index (χ4v) is 4.60. The number of carboxylic acid groups (broad SMARTS) is 1. The second-order valence-corrected chi connectivity index (χ2v) is 9.58. The number of aliphatic carboxylic acids is 1. The van der Waals surface area contributed by atoms with E-state index in [0.29, 0.717) is 17.4 Å². The summed E-state index contributed by atoms with van der Waals surface area (Å²) in [5.41, 5.74) is 3.49. The summed E-state index contributed by atoms with van der Waals surface area (Å²) in [6.45, 7) is 9.68. The SMILES string of the molecule is CC.CC#CC(=O)N(c1ccc(NC)c(C(=N)OC2CC(OC)(C(=O)O)C2)n1)c1cc(C)c(C)cc1C1CC1. The smallest absolute Gasteiger partial charge is 0.336 e. The fraction of sp³-hybridized carbons (Fsp3) is 0.467. The van der Waals surface area contributed by atoms with Crippen molar-refractivity contribution >= 4 is 35.0 Å². The van der Waals surface area contributed by atoms with Gasteiger partial charge >= 0.3 is 11.9 Å². The van der Waals surface area contributed by atoms with Gasteiger partial charge in [-0.15, -0.1) is 0 Å². The lowest BCUT2D eigenvalue weighted by atomic mass is 9.77. The Morgan fingerprint density at radius 1 is 1.18 bits per heavy atom. The molecular weight excluding hydrogens is 496 g/mol. The fourth-order valence-electron chi connectivity index (χ4n) is 4.60. The highest BCUT2D eigenvalue weighted by molar-refractivity contribution is 6.11. The normalized spacial score (nSPS) is 19.3. The Hall–Kier alpha value is -3.90. The molecule has 0 bridgehead atoms. The first-order valence-electron chi connectivity index (χ1n) is 13.2. The van der Waals surface area contributed by atoms with Crippen LogP contribution in [-0.4, -0.2) is 53.7 Å². The quantitative estimate of drug-likeness (QED) is 0.238. The van der Waals surface area contributed by atoms with Gasteiger partial charge in [0.1, 0.15) is 17.6 Å². The van der Waals surface area contributed by atoms with E-state index in [1.165, 1.54) is 12.0 Å². The maximum absolute atomic E-state index is 13.3. The Bertz CT molecular complexity index is 1320. The monoisotopic (exact) mass is 534 g/mol. The summed E-state index contributed by atoms with van der Waals surface area (Å²) < 4.78 is 10.9. The number of carbonyl (C=O) groups excluding carboxylic acids is 1. The first kappa shape index (κ1) is 29.7. The van der Waals surface area contributed by atoms with E-state index in [2.05, 4.69) is 35.1 Å². The molecule has 2 saturated carbocycles. The van der Waals surface area contributed by atoms with Crippen molar-refractivity contribution in [1.29, 1.82) is 5.41 Å². The average molecular weight is 535 g/mol. The van der Waals surface area contributed by atoms with Gasteiger partial charge < -0.3 is 19.9 Å². The zero-order valence-electron chi connectivity index (χ0n) is 23.8. The van der Waals surface area contributed by atoms with E-state index in [1.54, 1.807) is 26.1 Å². The number of benzene rings is 1. The Morgan fingerprint density at radius 3 is 2.36 bits per heavy atom. The lowest BCUT2D eigenvalue weighted by Crippen LogP contribution is -2.55. The lowest BCUT2D eigenvalue weighted by molar-refractivity contribution is -0.187. The second kappa shape index (κ2) is 12.3. The van der Waals surface area contributed by atoms with Gasteiger partial charge in [-0.3, -0.25) is 15.1 Å². The van der Waals surface area contributed by atoms with Crippen LogP contribution in [0.4, 0.5) is 17.2 Å². The molecule has 4 rings (SSSR count). The van der Waals surface area contributed by atoms with Crippen LogP contribution in [0.15, 0.2) is 24.3 Å². The molecule has 0 spiro atoms. The molecule has 0 saturated heterocycles. The largest absolute Gasteiger partial charge is 0.479 e. The number of ether oxygens (including phenoxy) is 2. The van der Waals surface area contributed by atoms with E-state index < -0.39 is 23.6 Å². The summed E-state index contributed by atoms with van der Waals surface area (Å²) in [5, 5.41) is 21.1. The number of pyridine rings is 1. The van der Waals surface area contributed by atoms with Crippen LogP contribution in [0, 0.1) is 31.1 Å². The third-order valence-corrected chi connectivity index (χ3v) is 7.11. The molecule has 2 fully saturated rings. The predicted molar refractivity (Wildman–Crippen MR) is 152 cm³/mol. The molecule has 2 aliphatic rings. The van der Waals surface area contributed by atoms with E-state index in [9.17, 15) is 14.7 Å². The lowest BCUT2D eigenvalue weighted by Gasteiger charge is -2.42. The first-order chi connectivity index (χ1) is 18.6. The van der Waals surface area contributed by atoms with E-state index in [1.807, 2.05) is 26.8 Å². The molecule has 2 aromatic rings. The molecule has 1 aromatic heterocycles. The van der Waals surface area contributed by atoms with Crippen molar-refractivity contribution in [2.75, 3.05) is 24.4 Å². The Labute approximate surface area is 230 Å². The minimum atomic E-state index is -1.30. The number of carbonyl (C=O) groups is 2. The van der Waals surface area contributed by atoms with Crippen molar-refractivity contribution < 1.29 is 24.2 Å². The summed E-state index contributed by atoms with van der Waals surface area (Å²) in [4.78, 5) is 31.0. The van der Waals surface area contributed by atoms with Gasteiger partial charge in [0, 0.05) is 27.0 Å². The van der Waals surface area contributed by atoms with Crippen molar-refractivity contribution in [1.82, 2.24) is 4.98 Å². The molecule has 1 aromatic carbocycles. The Balaban J connectivity index is 0.00000205. The molecule has 2 aliphatic carbocycles. The van der Waals surface area contributed by atoms with Crippen molar-refractivity contribution in [2.45, 2.75) is 77.9 Å². The number of aromatic nitrogens is 1. The van der Waals surface area contributed by atoms with Gasteiger partial charge in [-0.2, -0.15) is 0 Å². The predicted octanol–water partition coefficient (Wildman–Crippen LogP) is 5.31. The molecule has 3 N–H and O–H groups in total. The average Bonchev–Trinajstić information content (AvgIpc) is 3.74. The Kier molecular flexibility index (Phi) is 9.36. The van der Waals surface area contributed by atoms with Crippen molar-refractivity contribution in [2.24, 2.45) is 0 Å². The van der Waals surface area contributed by atoms with Gasteiger partial charge in [0.05, 0.1) is 11.4 Å². The summed E-state index contributed by atoms with van der Waals surface area (Å²) in [6, 6.07) is 7.59. The number of aryl methyl sites for hydroxylation is 2. The van der Waals surface area contributed by atoms with E-state index >= 15 is 0 Å². The number of hydrogen-bond donors (Lipinski definition) is 3. The van der Waals surface area contributed by atoms with Gasteiger partial charge in [-0.05, 0) is 80.3 Å². The molecule has 0 aliphatic heterocycles. The molecule has 9 heteroatoms. The van der Waals surface area contributed by atoms with Crippen LogP contribution >= 0.6 is 0 Å². The minimum Gasteiger partial charge on any atom is -0.479 e. The molecule has 1 heterocycles. The number of hydrogen-bond acceptors (Lipinski definition) is 7. The Morgan fingerprint density at radius 2 is 1.82 bits per heavy atom. The van der Waals surface area contributed by atoms with Crippen LogP contribution in [0.5, 0.6) is 0 Å². The molecule has 0 atom stereocenters. The molecule has 9 nitrogen and oxygen atoms in total. The highest BCUT2D eigenvalue weighted by Gasteiger charge is 2.53. The third-order valence-electron chi connectivity index (χ3n) is 7.11. The van der Waals surface area contributed by atoms with Gasteiger partial charge in [-0.25, -0.2) is 9.78 Å². The van der Waals surface area contributed by atoms with Crippen LogP contribution in [0.2, 0.25) is 0 Å². The molecule has 0 unspecified atom stereocenters. The topological polar surface area (TPSA) is 125 Å². The molecule has 208 valence electrons. The van der Waals surface area contributed by atoms with Crippen LogP contribution < -0.4 is 10.2 Å². The summed E-state index contributed by atoms with van der Waals surface area (Å²) in [7, 11) is 3.06. The number of carboxylic acids is 1. The van der Waals surface area contributed by atoms with Crippen molar-refractivity contribution in [3.8, 4) is 11.8 Å². The molecule has 0 radical (unpaired) electrons. The zero-order valence-corrected chi connectivity index (χ0v) is 23.8. The van der Waals surface area contributed by atoms with E-state index in [-0.39, 0.29) is 24.4 Å². The molecular formula is C30H38N4O5. The first-order valence-corrected chi connectivity index (χ1v) is 13.2. The minimum absolute atomic E-state index is 0.125. The zero-order chi connectivity index (χ0) is 28.9. The van der Waals surface area contributed by atoms with Crippen LogP contribution in [-0.2, 0) is 19.1 Å². The van der Waals surface area contributed by atoms with Gasteiger partial charge in [-0.1, -0.05) is 25.8 Å². The highest BCUT2D eigenvalue weighted by Crippen LogP contribution is 2.46. The van der Waals surface area contributed by atoms with Gasteiger partial charge in [0.2, 0.25) is 5.90 Å². The number of anilines is 3. The summed E-state index contributed by atoms with van der Waals surface area (Å²) in [5.74, 6) is 4.35. The number of nitrogens with one attached hydrogen (secondary N) is 2. The van der Waals surface area contributed by atoms with Crippen molar-refractivity contribution in [3.63, 3.8) is 0 Å². The van der Waals surface area contributed by atoms with E-state index in [0.717, 1.165) is 35.2 Å². The van der Waals surface area contributed by atoms with Gasteiger partial charge in [0.25, 0.3) is 0 Å². The van der Waals surface area contributed by atoms with Crippen LogP contribution in [0.3, 0.4) is 0 Å². The number of methoxy groups -OCH3 is 1. The number of amides is 1. The molecule has 1 amide bonds. The van der Waals surface area contributed by atoms with Crippen LogP contribution in [0.1, 0.15) is 74.8 Å². The van der Waals surface area contributed by atoms with Crippen LogP contribution in [0.25, 0.3) is 0 Å². The number of nitrogens with zero attached hydrogens (tertiary/aromatic N) is 2. The van der Waals surface area contributed by atoms with Gasteiger partial charge in [0.15, 0.2) is 5.60 Å². The third kappa shape index (κ3) is 6.07. The molecule has 39 heavy (non-hydrogen) atoms. The van der Waals surface area contributed by atoms with Crippen molar-refractivity contribution in [3.05, 3.63) is 46.6 Å². The highest BCUT2D eigenvalue weighted by atomic mass is 16.5. The maximum Gasteiger partial charge on any atom is 0.336 e. The number of rotatable bonds is 8. The summed E-state index contributed by atoms with van der Waals surface area (Å²) in [6.07, 6.45) is 1.88. The second-order valence-electron chi connectivity index (χ2n) is 9.58.